The van der Waals surface area contributed by atoms with Gasteiger partial charge in [-0.25, -0.2) is 9.97 Å². The third-order valence-electron chi connectivity index (χ3n) is 3.35. The number of rotatable bonds is 2. The summed E-state index contributed by atoms with van der Waals surface area (Å²) in [5, 5.41) is 2.94. The lowest BCUT2D eigenvalue weighted by atomic mass is 10.1. The lowest BCUT2D eigenvalue weighted by molar-refractivity contribution is 0.0914. The normalized spacial score (nSPS) is 16.9. The van der Waals surface area contributed by atoms with Gasteiger partial charge in [0.2, 0.25) is 5.95 Å². The number of carbonyl (C=O) groups is 1. The SMILES string of the molecule is Cc1cc(C(=O)NC(C)(C)C)nc(N2CCN(C)CC2)n1. The van der Waals surface area contributed by atoms with Crippen LogP contribution >= 0.6 is 0 Å². The largest absolute Gasteiger partial charge is 0.346 e. The van der Waals surface area contributed by atoms with Gasteiger partial charge in [0, 0.05) is 37.4 Å². The minimum Gasteiger partial charge on any atom is -0.346 e. The average molecular weight is 291 g/mol. The van der Waals surface area contributed by atoms with E-state index in [-0.39, 0.29) is 11.4 Å². The number of hydrogen-bond donors (Lipinski definition) is 1. The minimum atomic E-state index is -0.274. The maximum absolute atomic E-state index is 12.3. The Labute approximate surface area is 126 Å². The second-order valence-electron chi connectivity index (χ2n) is 6.69. The summed E-state index contributed by atoms with van der Waals surface area (Å²) in [4.78, 5) is 25.6. The van der Waals surface area contributed by atoms with Crippen molar-refractivity contribution >= 4 is 11.9 Å². The van der Waals surface area contributed by atoms with Crippen LogP contribution in [0.3, 0.4) is 0 Å². The maximum Gasteiger partial charge on any atom is 0.270 e. The van der Waals surface area contributed by atoms with E-state index in [0.717, 1.165) is 31.9 Å². The second kappa shape index (κ2) is 5.97. The van der Waals surface area contributed by atoms with Gasteiger partial charge in [-0.3, -0.25) is 4.79 Å². The molecule has 0 radical (unpaired) electrons. The quantitative estimate of drug-likeness (QED) is 0.883. The summed E-state index contributed by atoms with van der Waals surface area (Å²) in [5.74, 6) is 0.505. The average Bonchev–Trinajstić information content (AvgIpc) is 2.36. The lowest BCUT2D eigenvalue weighted by Gasteiger charge is -2.32. The number of nitrogens with zero attached hydrogens (tertiary/aromatic N) is 4. The number of aryl methyl sites for hydroxylation is 1. The van der Waals surface area contributed by atoms with Crippen LogP contribution in [0.4, 0.5) is 5.95 Å². The number of hydrogen-bond acceptors (Lipinski definition) is 5. The van der Waals surface area contributed by atoms with Crippen molar-refractivity contribution < 1.29 is 4.79 Å². The summed E-state index contributed by atoms with van der Waals surface area (Å²) < 4.78 is 0. The Morgan fingerprint density at radius 2 is 1.81 bits per heavy atom. The Kier molecular flexibility index (Phi) is 4.46. The van der Waals surface area contributed by atoms with Gasteiger partial charge in [-0.05, 0) is 40.8 Å². The first-order chi connectivity index (χ1) is 9.74. The smallest absolute Gasteiger partial charge is 0.270 e. The number of nitrogens with one attached hydrogen (secondary N) is 1. The van der Waals surface area contributed by atoms with Crippen molar-refractivity contribution in [2.24, 2.45) is 0 Å². The Hall–Kier alpha value is -1.69. The molecule has 6 nitrogen and oxygen atoms in total. The van der Waals surface area contributed by atoms with Crippen molar-refractivity contribution in [3.8, 4) is 0 Å². The van der Waals surface area contributed by atoms with Crippen LogP contribution < -0.4 is 10.2 Å². The number of anilines is 1. The van der Waals surface area contributed by atoms with Gasteiger partial charge in [0.1, 0.15) is 5.69 Å². The van der Waals surface area contributed by atoms with Gasteiger partial charge in [0.15, 0.2) is 0 Å². The first kappa shape index (κ1) is 15.7. The fourth-order valence-corrected chi connectivity index (χ4v) is 2.22. The van der Waals surface area contributed by atoms with E-state index in [2.05, 4.69) is 32.1 Å². The zero-order chi connectivity index (χ0) is 15.6. The Bertz CT molecular complexity index is 515. The van der Waals surface area contributed by atoms with E-state index >= 15 is 0 Å². The van der Waals surface area contributed by atoms with E-state index < -0.39 is 0 Å². The van der Waals surface area contributed by atoms with Crippen molar-refractivity contribution in [1.82, 2.24) is 20.2 Å². The molecule has 1 saturated heterocycles. The molecule has 21 heavy (non-hydrogen) atoms. The van der Waals surface area contributed by atoms with Gasteiger partial charge in [-0.15, -0.1) is 0 Å². The molecule has 6 heteroatoms. The molecule has 1 amide bonds. The van der Waals surface area contributed by atoms with Crippen molar-refractivity contribution in [3.05, 3.63) is 17.5 Å². The summed E-state index contributed by atoms with van der Waals surface area (Å²) in [6, 6.07) is 1.74. The van der Waals surface area contributed by atoms with Crippen LogP contribution in [0.2, 0.25) is 0 Å². The van der Waals surface area contributed by atoms with E-state index in [1.54, 1.807) is 6.07 Å². The molecule has 2 heterocycles. The molecule has 2 rings (SSSR count). The van der Waals surface area contributed by atoms with E-state index in [1.165, 1.54) is 0 Å². The highest BCUT2D eigenvalue weighted by atomic mass is 16.2. The topological polar surface area (TPSA) is 61.4 Å². The van der Waals surface area contributed by atoms with Crippen LogP contribution in [0.5, 0.6) is 0 Å². The molecule has 0 aromatic carbocycles. The van der Waals surface area contributed by atoms with Crippen LogP contribution in [0.1, 0.15) is 37.0 Å². The highest BCUT2D eigenvalue weighted by Crippen LogP contribution is 2.13. The second-order valence-corrected chi connectivity index (χ2v) is 6.69. The van der Waals surface area contributed by atoms with Crippen molar-refractivity contribution in [1.29, 1.82) is 0 Å². The molecule has 1 aliphatic rings. The van der Waals surface area contributed by atoms with Gasteiger partial charge in [-0.2, -0.15) is 0 Å². The molecule has 1 fully saturated rings. The van der Waals surface area contributed by atoms with Gasteiger partial charge in [-0.1, -0.05) is 0 Å². The molecular formula is C15H25N5O. The van der Waals surface area contributed by atoms with Crippen LogP contribution in [-0.2, 0) is 0 Å². The highest BCUT2D eigenvalue weighted by Gasteiger charge is 2.21. The highest BCUT2D eigenvalue weighted by molar-refractivity contribution is 5.93. The maximum atomic E-state index is 12.3. The third kappa shape index (κ3) is 4.39. The number of carbonyl (C=O) groups excluding carboxylic acids is 1. The molecule has 116 valence electrons. The first-order valence-corrected chi connectivity index (χ1v) is 7.36. The Balaban J connectivity index is 2.19. The van der Waals surface area contributed by atoms with Crippen molar-refractivity contribution in [2.75, 3.05) is 38.1 Å². The molecule has 0 saturated carbocycles. The summed E-state index contributed by atoms with van der Waals surface area (Å²) in [7, 11) is 2.11. The number of likely N-dealkylation sites (N-methyl/N-ethyl adjacent to an activating group) is 1. The van der Waals surface area contributed by atoms with E-state index in [9.17, 15) is 4.79 Å². The summed E-state index contributed by atoms with van der Waals surface area (Å²) in [5.41, 5.74) is 0.980. The molecular weight excluding hydrogens is 266 g/mol. The lowest BCUT2D eigenvalue weighted by Crippen LogP contribution is -2.45. The van der Waals surface area contributed by atoms with E-state index in [4.69, 9.17) is 0 Å². The Morgan fingerprint density at radius 1 is 1.19 bits per heavy atom. The van der Waals surface area contributed by atoms with E-state index in [0.29, 0.717) is 11.6 Å². The molecule has 1 aromatic rings. The molecule has 0 aliphatic carbocycles. The summed E-state index contributed by atoms with van der Waals surface area (Å²) in [6.07, 6.45) is 0. The van der Waals surface area contributed by atoms with Gasteiger partial charge in [0.25, 0.3) is 5.91 Å². The molecule has 0 unspecified atom stereocenters. The molecule has 1 aliphatic heterocycles. The number of amides is 1. The van der Waals surface area contributed by atoms with Gasteiger partial charge in [0.05, 0.1) is 0 Å². The van der Waals surface area contributed by atoms with Crippen molar-refractivity contribution in [3.63, 3.8) is 0 Å². The predicted octanol–water partition coefficient (Wildman–Crippen LogP) is 1.07. The van der Waals surface area contributed by atoms with Crippen molar-refractivity contribution in [2.45, 2.75) is 33.2 Å². The standard InChI is InChI=1S/C15H25N5O/c1-11-10-12(13(21)18-15(2,3)4)17-14(16-11)20-8-6-19(5)7-9-20/h10H,6-9H2,1-5H3,(H,18,21). The first-order valence-electron chi connectivity index (χ1n) is 7.36. The molecule has 0 bridgehead atoms. The zero-order valence-corrected chi connectivity index (χ0v) is 13.6. The van der Waals surface area contributed by atoms with Gasteiger partial charge >= 0.3 is 0 Å². The number of aromatic nitrogens is 2. The van der Waals surface area contributed by atoms with Crippen LogP contribution in [-0.4, -0.2) is 59.5 Å². The monoisotopic (exact) mass is 291 g/mol. The van der Waals surface area contributed by atoms with Gasteiger partial charge < -0.3 is 15.1 Å². The molecule has 0 atom stereocenters. The van der Waals surface area contributed by atoms with Crippen LogP contribution in [0.25, 0.3) is 0 Å². The van der Waals surface area contributed by atoms with Crippen LogP contribution in [0.15, 0.2) is 6.07 Å². The Morgan fingerprint density at radius 3 is 2.38 bits per heavy atom. The fraction of sp³-hybridized carbons (Fsp3) is 0.667. The third-order valence-corrected chi connectivity index (χ3v) is 3.35. The molecule has 1 N–H and O–H groups in total. The molecule has 1 aromatic heterocycles. The van der Waals surface area contributed by atoms with E-state index in [1.807, 2.05) is 27.7 Å². The predicted molar refractivity (Wildman–Crippen MR) is 83.7 cm³/mol. The minimum absolute atomic E-state index is 0.150. The fourth-order valence-electron chi connectivity index (χ4n) is 2.22. The summed E-state index contributed by atoms with van der Waals surface area (Å²) in [6.45, 7) is 11.5. The zero-order valence-electron chi connectivity index (χ0n) is 13.6. The summed E-state index contributed by atoms with van der Waals surface area (Å²) >= 11 is 0. The molecule has 0 spiro atoms. The van der Waals surface area contributed by atoms with Crippen LogP contribution in [0, 0.1) is 6.92 Å². The number of piperazine rings is 1.